The number of hydrogen-bond donors (Lipinski definition) is 3. The fourth-order valence-corrected chi connectivity index (χ4v) is 3.35. The van der Waals surface area contributed by atoms with Crippen LogP contribution in [0.3, 0.4) is 0 Å². The van der Waals surface area contributed by atoms with Crippen molar-refractivity contribution in [2.24, 2.45) is 0 Å². The van der Waals surface area contributed by atoms with Gasteiger partial charge < -0.3 is 15.2 Å². The summed E-state index contributed by atoms with van der Waals surface area (Å²) in [5, 5.41) is 16.6. The first kappa shape index (κ1) is 19.7. The van der Waals surface area contributed by atoms with Crippen LogP contribution in [0.4, 0.5) is 4.79 Å². The third-order valence-corrected chi connectivity index (χ3v) is 4.91. The first-order valence-electron chi connectivity index (χ1n) is 9.48. The van der Waals surface area contributed by atoms with Gasteiger partial charge in [0.05, 0.1) is 0 Å². The fourth-order valence-electron chi connectivity index (χ4n) is 3.35. The molecule has 3 N–H and O–H groups in total. The van der Waals surface area contributed by atoms with Gasteiger partial charge in [-0.05, 0) is 42.7 Å². The first-order valence-corrected chi connectivity index (χ1v) is 9.48. The molecule has 0 bridgehead atoms. The van der Waals surface area contributed by atoms with Crippen LogP contribution in [0.1, 0.15) is 49.4 Å². The summed E-state index contributed by atoms with van der Waals surface area (Å²) in [6.07, 6.45) is 3.88. The summed E-state index contributed by atoms with van der Waals surface area (Å²) < 4.78 is 5.13. The van der Waals surface area contributed by atoms with E-state index in [-0.39, 0.29) is 17.4 Å². The molecular weight excluding hydrogens is 360 g/mol. The van der Waals surface area contributed by atoms with Gasteiger partial charge in [-0.1, -0.05) is 43.5 Å². The molecule has 1 fully saturated rings. The molecule has 28 heavy (non-hydrogen) atoms. The van der Waals surface area contributed by atoms with E-state index in [4.69, 9.17) is 4.74 Å². The quantitative estimate of drug-likeness (QED) is 0.702. The highest BCUT2D eigenvalue weighted by atomic mass is 16.5. The van der Waals surface area contributed by atoms with Crippen LogP contribution >= 0.6 is 0 Å². The lowest BCUT2D eigenvalue weighted by Crippen LogP contribution is -2.48. The number of benzene rings is 2. The molecule has 0 saturated heterocycles. The molecule has 1 saturated carbocycles. The zero-order chi connectivity index (χ0) is 20.1. The predicted molar refractivity (Wildman–Crippen MR) is 104 cm³/mol. The number of hydrogen-bond acceptors (Lipinski definition) is 5. The van der Waals surface area contributed by atoms with Gasteiger partial charge in [-0.3, -0.25) is 10.1 Å². The van der Waals surface area contributed by atoms with Crippen molar-refractivity contribution in [1.29, 1.82) is 0 Å². The molecule has 0 aliphatic heterocycles. The number of carbonyl (C=O) groups is 3. The van der Waals surface area contributed by atoms with E-state index in [0.29, 0.717) is 0 Å². The van der Waals surface area contributed by atoms with Crippen LogP contribution in [-0.4, -0.2) is 35.2 Å². The van der Waals surface area contributed by atoms with E-state index < -0.39 is 24.0 Å². The Morgan fingerprint density at radius 3 is 2.39 bits per heavy atom. The Bertz CT molecular complexity index is 889. The highest BCUT2D eigenvalue weighted by Crippen LogP contribution is 2.26. The fraction of sp³-hybridized carbons (Fsp3) is 0.381. The summed E-state index contributed by atoms with van der Waals surface area (Å²) in [5.74, 6) is -1.79. The molecule has 7 heteroatoms. The van der Waals surface area contributed by atoms with Crippen molar-refractivity contribution in [2.45, 2.75) is 51.2 Å². The first-order chi connectivity index (χ1) is 13.4. The van der Waals surface area contributed by atoms with Crippen LogP contribution in [0.2, 0.25) is 0 Å². The Labute approximate surface area is 163 Å². The van der Waals surface area contributed by atoms with Crippen molar-refractivity contribution in [3.63, 3.8) is 0 Å². The van der Waals surface area contributed by atoms with E-state index in [1.165, 1.54) is 19.1 Å². The van der Waals surface area contributed by atoms with E-state index in [0.717, 1.165) is 42.9 Å². The number of ether oxygens (including phenoxy) is 1. The number of nitrogens with one attached hydrogen (secondary N) is 2. The third-order valence-electron chi connectivity index (χ3n) is 4.91. The van der Waals surface area contributed by atoms with Crippen LogP contribution in [0.15, 0.2) is 36.4 Å². The van der Waals surface area contributed by atoms with Crippen molar-refractivity contribution in [3.05, 3.63) is 42.0 Å². The van der Waals surface area contributed by atoms with Crippen LogP contribution < -0.4 is 10.6 Å². The largest absolute Gasteiger partial charge is 0.507 e. The molecule has 3 amide bonds. The zero-order valence-electron chi connectivity index (χ0n) is 15.7. The van der Waals surface area contributed by atoms with E-state index in [2.05, 4.69) is 10.6 Å². The summed E-state index contributed by atoms with van der Waals surface area (Å²) in [7, 11) is 0. The number of esters is 1. The topological polar surface area (TPSA) is 105 Å². The summed E-state index contributed by atoms with van der Waals surface area (Å²) in [5.41, 5.74) is -0.0370. The minimum atomic E-state index is -1.18. The Balaban J connectivity index is 1.58. The third kappa shape index (κ3) is 4.79. The number of phenols is 1. The van der Waals surface area contributed by atoms with Crippen molar-refractivity contribution in [2.75, 3.05) is 0 Å². The second-order valence-electron chi connectivity index (χ2n) is 7.06. The van der Waals surface area contributed by atoms with Crippen molar-refractivity contribution in [3.8, 4) is 5.75 Å². The molecular formula is C21H24N2O5. The smallest absolute Gasteiger partial charge is 0.342 e. The maximum absolute atomic E-state index is 12.4. The van der Waals surface area contributed by atoms with E-state index in [1.807, 2.05) is 18.2 Å². The molecule has 1 aliphatic carbocycles. The number of amides is 3. The number of phenolic OH excluding ortho intramolecular Hbond substituents is 1. The lowest BCUT2D eigenvalue weighted by atomic mass is 9.96. The average Bonchev–Trinajstić information content (AvgIpc) is 2.67. The average molecular weight is 384 g/mol. The highest BCUT2D eigenvalue weighted by molar-refractivity contribution is 6.01. The van der Waals surface area contributed by atoms with Crippen molar-refractivity contribution in [1.82, 2.24) is 10.6 Å². The number of rotatable bonds is 4. The molecule has 2 aromatic rings. The Morgan fingerprint density at radius 2 is 1.71 bits per heavy atom. The van der Waals surface area contributed by atoms with Crippen molar-refractivity contribution < 1.29 is 24.2 Å². The van der Waals surface area contributed by atoms with Crippen LogP contribution in [0, 0.1) is 0 Å². The maximum atomic E-state index is 12.4. The number of aromatic hydroxyl groups is 1. The van der Waals surface area contributed by atoms with E-state index in [9.17, 15) is 19.5 Å². The van der Waals surface area contributed by atoms with Gasteiger partial charge in [0.25, 0.3) is 5.91 Å². The normalized spacial score (nSPS) is 15.6. The molecule has 1 atom stereocenters. The predicted octanol–water partition coefficient (Wildman–Crippen LogP) is 3.25. The molecule has 0 unspecified atom stereocenters. The van der Waals surface area contributed by atoms with Gasteiger partial charge >= 0.3 is 12.0 Å². The van der Waals surface area contributed by atoms with Crippen LogP contribution in [0.25, 0.3) is 10.8 Å². The van der Waals surface area contributed by atoms with Gasteiger partial charge in [0, 0.05) is 6.04 Å². The highest BCUT2D eigenvalue weighted by Gasteiger charge is 2.24. The molecule has 0 aromatic heterocycles. The Kier molecular flexibility index (Phi) is 6.13. The number of imide groups is 1. The summed E-state index contributed by atoms with van der Waals surface area (Å²) in [6, 6.07) is 9.70. The molecule has 1 aliphatic rings. The van der Waals surface area contributed by atoms with Gasteiger partial charge in [-0.15, -0.1) is 0 Å². The molecule has 148 valence electrons. The van der Waals surface area contributed by atoms with Crippen LogP contribution in [0.5, 0.6) is 5.75 Å². The zero-order valence-corrected chi connectivity index (χ0v) is 15.7. The molecule has 3 rings (SSSR count). The standard InChI is InChI=1S/C21H24N2O5/c1-13(19(25)23-21(27)22-16-9-3-2-4-10-16)28-20(26)17-11-14-7-5-6-8-15(14)12-18(17)24/h5-8,11-13,16,24H,2-4,9-10H2,1H3,(H2,22,23,25,27)/t13-/m0/s1. The van der Waals surface area contributed by atoms with Gasteiger partial charge in [-0.25, -0.2) is 9.59 Å². The van der Waals surface area contributed by atoms with E-state index >= 15 is 0 Å². The monoisotopic (exact) mass is 384 g/mol. The summed E-state index contributed by atoms with van der Waals surface area (Å²) >= 11 is 0. The summed E-state index contributed by atoms with van der Waals surface area (Å²) in [4.78, 5) is 36.5. The van der Waals surface area contributed by atoms with Gasteiger partial charge in [-0.2, -0.15) is 0 Å². The minimum Gasteiger partial charge on any atom is -0.507 e. The number of fused-ring (bicyclic) bond motifs is 1. The van der Waals surface area contributed by atoms with Crippen LogP contribution in [-0.2, 0) is 9.53 Å². The Hall–Kier alpha value is -3.09. The Morgan fingerprint density at radius 1 is 1.07 bits per heavy atom. The lowest BCUT2D eigenvalue weighted by Gasteiger charge is -2.23. The molecule has 7 nitrogen and oxygen atoms in total. The molecule has 0 radical (unpaired) electrons. The number of urea groups is 1. The van der Waals surface area contributed by atoms with Crippen molar-refractivity contribution >= 4 is 28.7 Å². The molecule has 2 aromatic carbocycles. The molecule has 0 heterocycles. The summed E-state index contributed by atoms with van der Waals surface area (Å²) in [6.45, 7) is 1.37. The maximum Gasteiger partial charge on any atom is 0.342 e. The van der Waals surface area contributed by atoms with Gasteiger partial charge in [0.2, 0.25) is 0 Å². The SMILES string of the molecule is C[C@H](OC(=O)c1cc2ccccc2cc1O)C(=O)NC(=O)NC1CCCCC1. The second kappa shape index (κ2) is 8.73. The minimum absolute atomic E-state index is 0.0370. The second-order valence-corrected chi connectivity index (χ2v) is 7.06. The lowest BCUT2D eigenvalue weighted by molar-refractivity contribution is -0.127. The van der Waals surface area contributed by atoms with Gasteiger partial charge in [0.1, 0.15) is 11.3 Å². The molecule has 0 spiro atoms. The number of carbonyl (C=O) groups excluding carboxylic acids is 3. The van der Waals surface area contributed by atoms with Gasteiger partial charge in [0.15, 0.2) is 6.10 Å². The van der Waals surface area contributed by atoms with E-state index in [1.54, 1.807) is 6.07 Å².